The van der Waals surface area contributed by atoms with Gasteiger partial charge >= 0.3 is 0 Å². The van der Waals surface area contributed by atoms with Gasteiger partial charge in [0.1, 0.15) is 4.88 Å². The second kappa shape index (κ2) is 9.15. The summed E-state index contributed by atoms with van der Waals surface area (Å²) in [4.78, 5) is 17.9. The Balaban J connectivity index is 1.57. The van der Waals surface area contributed by atoms with E-state index in [1.165, 1.54) is 16.9 Å². The summed E-state index contributed by atoms with van der Waals surface area (Å²) >= 11 is 1.43. The van der Waals surface area contributed by atoms with Gasteiger partial charge in [-0.1, -0.05) is 37.3 Å². The number of aryl methyl sites for hydroxylation is 1. The lowest BCUT2D eigenvalue weighted by atomic mass is 10.1. The molecule has 1 saturated heterocycles. The van der Waals surface area contributed by atoms with E-state index in [9.17, 15) is 13.2 Å². The van der Waals surface area contributed by atoms with E-state index in [4.69, 9.17) is 0 Å². The molecule has 0 radical (unpaired) electrons. The number of thiazole rings is 1. The lowest BCUT2D eigenvalue weighted by Crippen LogP contribution is -2.47. The van der Waals surface area contributed by atoms with Crippen LogP contribution in [0, 0.1) is 6.92 Å². The maximum absolute atomic E-state index is 12.7. The molecule has 0 aliphatic carbocycles. The first-order valence-corrected chi connectivity index (χ1v) is 12.1. The fourth-order valence-corrected chi connectivity index (χ4v) is 5.97. The number of carbonyl (C=O) groups excluding carboxylic acids is 1. The third kappa shape index (κ3) is 5.18. The number of hydrogen-bond donors (Lipinski definition) is 1. The Morgan fingerprint density at radius 1 is 1.25 bits per heavy atom. The predicted octanol–water partition coefficient (Wildman–Crippen LogP) is 2.98. The van der Waals surface area contributed by atoms with Gasteiger partial charge in [-0.3, -0.25) is 4.79 Å². The second-order valence-corrected chi connectivity index (χ2v) is 10.3. The molecule has 0 atom stereocenters. The Kier molecular flexibility index (Phi) is 6.85. The maximum atomic E-state index is 12.7. The van der Waals surface area contributed by atoms with Crippen LogP contribution in [-0.2, 0) is 16.4 Å². The molecule has 1 fully saturated rings. The monoisotopic (exact) mass is 421 g/mol. The number of amides is 1. The standard InChI is InChI=1S/C20H27N3O3S2/c1-3-13-28(25,26)23-11-9-17(10-12-23)22-20(24)19-15(2)21-18(27-19)14-16-7-5-4-6-8-16/h4-8,17H,3,9-14H2,1-2H3,(H,22,24). The Labute approximate surface area is 171 Å². The molecule has 2 aromatic rings. The van der Waals surface area contributed by atoms with Crippen molar-refractivity contribution in [3.8, 4) is 0 Å². The smallest absolute Gasteiger partial charge is 0.263 e. The highest BCUT2D eigenvalue weighted by atomic mass is 32.2. The first-order valence-electron chi connectivity index (χ1n) is 9.68. The van der Waals surface area contributed by atoms with Gasteiger partial charge < -0.3 is 5.32 Å². The van der Waals surface area contributed by atoms with Gasteiger partial charge in [0.05, 0.1) is 16.5 Å². The molecular weight excluding hydrogens is 394 g/mol. The number of carbonyl (C=O) groups is 1. The Bertz CT molecular complexity index is 902. The molecule has 1 N–H and O–H groups in total. The van der Waals surface area contributed by atoms with Crippen LogP contribution >= 0.6 is 11.3 Å². The maximum Gasteiger partial charge on any atom is 0.263 e. The first kappa shape index (κ1) is 21.0. The van der Waals surface area contributed by atoms with Crippen LogP contribution in [0.3, 0.4) is 0 Å². The molecule has 6 nitrogen and oxygen atoms in total. The van der Waals surface area contributed by atoms with Gasteiger partial charge in [-0.25, -0.2) is 17.7 Å². The van der Waals surface area contributed by atoms with Crippen LogP contribution < -0.4 is 5.32 Å². The van der Waals surface area contributed by atoms with Crippen molar-refractivity contribution in [1.82, 2.24) is 14.6 Å². The summed E-state index contributed by atoms with van der Waals surface area (Å²) in [7, 11) is -3.16. The van der Waals surface area contributed by atoms with Gasteiger partial charge in [0.15, 0.2) is 0 Å². The summed E-state index contributed by atoms with van der Waals surface area (Å²) in [6.45, 7) is 4.66. The van der Waals surface area contributed by atoms with E-state index in [0.29, 0.717) is 43.6 Å². The summed E-state index contributed by atoms with van der Waals surface area (Å²) in [6.07, 6.45) is 2.62. The minimum atomic E-state index is -3.16. The van der Waals surface area contributed by atoms with Gasteiger partial charge in [-0.15, -0.1) is 11.3 Å². The average Bonchev–Trinajstić information content (AvgIpc) is 3.03. The molecule has 0 unspecified atom stereocenters. The van der Waals surface area contributed by atoms with Crippen LogP contribution in [0.25, 0.3) is 0 Å². The fourth-order valence-electron chi connectivity index (χ4n) is 3.43. The number of piperidine rings is 1. The molecule has 28 heavy (non-hydrogen) atoms. The van der Waals surface area contributed by atoms with E-state index in [-0.39, 0.29) is 17.7 Å². The molecule has 0 spiro atoms. The number of aromatic nitrogens is 1. The lowest BCUT2D eigenvalue weighted by molar-refractivity contribution is 0.0927. The number of sulfonamides is 1. The minimum absolute atomic E-state index is 0.000324. The molecule has 0 bridgehead atoms. The van der Waals surface area contributed by atoms with Gasteiger partial charge in [-0.2, -0.15) is 0 Å². The molecule has 8 heteroatoms. The number of benzene rings is 1. The molecule has 1 amide bonds. The molecule has 1 aromatic carbocycles. The second-order valence-electron chi connectivity index (χ2n) is 7.15. The van der Waals surface area contributed by atoms with Crippen LogP contribution in [0.1, 0.15) is 52.1 Å². The van der Waals surface area contributed by atoms with E-state index in [1.807, 2.05) is 32.0 Å². The normalized spacial score (nSPS) is 16.2. The minimum Gasteiger partial charge on any atom is -0.348 e. The van der Waals surface area contributed by atoms with Gasteiger partial charge in [0.2, 0.25) is 10.0 Å². The Hall–Kier alpha value is -1.77. The van der Waals surface area contributed by atoms with Crippen molar-refractivity contribution in [3.05, 3.63) is 51.5 Å². The summed E-state index contributed by atoms with van der Waals surface area (Å²) in [6, 6.07) is 10.1. The predicted molar refractivity (Wildman–Crippen MR) is 112 cm³/mol. The summed E-state index contributed by atoms with van der Waals surface area (Å²) in [5.41, 5.74) is 1.92. The zero-order valence-corrected chi connectivity index (χ0v) is 18.0. The molecule has 1 aromatic heterocycles. The molecule has 1 aliphatic rings. The van der Waals surface area contributed by atoms with Crippen LogP contribution in [0.15, 0.2) is 30.3 Å². The van der Waals surface area contributed by atoms with E-state index in [2.05, 4.69) is 22.4 Å². The Morgan fingerprint density at radius 2 is 1.93 bits per heavy atom. The highest BCUT2D eigenvalue weighted by molar-refractivity contribution is 7.89. The molecule has 1 aliphatic heterocycles. The molecular formula is C20H27N3O3S2. The van der Waals surface area contributed by atoms with E-state index < -0.39 is 10.0 Å². The quantitative estimate of drug-likeness (QED) is 0.745. The van der Waals surface area contributed by atoms with Crippen molar-refractivity contribution in [1.29, 1.82) is 0 Å². The van der Waals surface area contributed by atoms with Gasteiger partial charge in [0, 0.05) is 25.6 Å². The summed E-state index contributed by atoms with van der Waals surface area (Å²) < 4.78 is 25.9. The van der Waals surface area contributed by atoms with Crippen molar-refractivity contribution in [3.63, 3.8) is 0 Å². The zero-order valence-electron chi connectivity index (χ0n) is 16.3. The highest BCUT2D eigenvalue weighted by Crippen LogP contribution is 2.22. The Morgan fingerprint density at radius 3 is 2.57 bits per heavy atom. The van der Waals surface area contributed by atoms with Crippen LogP contribution in [0.4, 0.5) is 0 Å². The van der Waals surface area contributed by atoms with Crippen molar-refractivity contribution < 1.29 is 13.2 Å². The number of nitrogens with one attached hydrogen (secondary N) is 1. The third-order valence-corrected chi connectivity index (χ3v) is 8.12. The summed E-state index contributed by atoms with van der Waals surface area (Å²) in [5, 5.41) is 3.99. The first-order chi connectivity index (χ1) is 13.4. The molecule has 3 rings (SSSR count). The van der Waals surface area contributed by atoms with E-state index >= 15 is 0 Å². The van der Waals surface area contributed by atoms with Crippen molar-refractivity contribution >= 4 is 27.3 Å². The molecule has 2 heterocycles. The van der Waals surface area contributed by atoms with E-state index in [0.717, 1.165) is 10.7 Å². The topological polar surface area (TPSA) is 79.4 Å². The largest absolute Gasteiger partial charge is 0.348 e. The molecule has 0 saturated carbocycles. The SMILES string of the molecule is CCCS(=O)(=O)N1CCC(NC(=O)c2sc(Cc3ccccc3)nc2C)CC1. The lowest BCUT2D eigenvalue weighted by Gasteiger charge is -2.31. The number of nitrogens with zero attached hydrogens (tertiary/aromatic N) is 2. The van der Waals surface area contributed by atoms with E-state index in [1.54, 1.807) is 4.31 Å². The van der Waals surface area contributed by atoms with Gasteiger partial charge in [-0.05, 0) is 31.7 Å². The highest BCUT2D eigenvalue weighted by Gasteiger charge is 2.28. The van der Waals surface area contributed by atoms with Crippen molar-refractivity contribution in [2.75, 3.05) is 18.8 Å². The van der Waals surface area contributed by atoms with Crippen molar-refractivity contribution in [2.45, 2.75) is 45.6 Å². The van der Waals surface area contributed by atoms with Crippen LogP contribution in [0.5, 0.6) is 0 Å². The van der Waals surface area contributed by atoms with Crippen molar-refractivity contribution in [2.24, 2.45) is 0 Å². The zero-order chi connectivity index (χ0) is 20.1. The summed E-state index contributed by atoms with van der Waals surface area (Å²) in [5.74, 6) is 0.0815. The fraction of sp³-hybridized carbons (Fsp3) is 0.500. The average molecular weight is 422 g/mol. The van der Waals surface area contributed by atoms with Gasteiger partial charge in [0.25, 0.3) is 5.91 Å². The van der Waals surface area contributed by atoms with Crippen LogP contribution in [0.2, 0.25) is 0 Å². The number of rotatable bonds is 7. The number of hydrogen-bond acceptors (Lipinski definition) is 5. The van der Waals surface area contributed by atoms with Crippen LogP contribution in [-0.4, -0.2) is 48.5 Å². The third-order valence-electron chi connectivity index (χ3n) is 4.89. The molecule has 152 valence electrons.